The molecule has 0 heterocycles. The van der Waals surface area contributed by atoms with Crippen LogP contribution in [0.2, 0.25) is 5.02 Å². The first-order valence-electron chi connectivity index (χ1n) is 8.27. The Kier molecular flexibility index (Phi) is 7.22. The molecule has 2 aromatic rings. The number of anilines is 1. The molecule has 0 aromatic heterocycles. The van der Waals surface area contributed by atoms with E-state index < -0.39 is 18.0 Å². The number of ether oxygens (including phenoxy) is 1. The van der Waals surface area contributed by atoms with Crippen LogP contribution in [0.4, 0.5) is 18.9 Å². The van der Waals surface area contributed by atoms with Crippen molar-refractivity contribution in [1.82, 2.24) is 5.43 Å². The summed E-state index contributed by atoms with van der Waals surface area (Å²) in [4.78, 5) is 22.8. The van der Waals surface area contributed by atoms with Crippen LogP contribution in [-0.4, -0.2) is 30.3 Å². The van der Waals surface area contributed by atoms with Gasteiger partial charge < -0.3 is 10.1 Å². The fourth-order valence-corrected chi connectivity index (χ4v) is 2.38. The number of alkyl halides is 3. The number of hydrazone groups is 1. The molecule has 2 rings (SSSR count). The number of hydrogen-bond acceptors (Lipinski definition) is 4. The lowest BCUT2D eigenvalue weighted by Gasteiger charge is -2.09. The lowest BCUT2D eigenvalue weighted by molar-refractivity contribution is -0.167. The highest BCUT2D eigenvalue weighted by Gasteiger charge is 2.38. The van der Waals surface area contributed by atoms with Gasteiger partial charge in [0.2, 0.25) is 0 Å². The maximum atomic E-state index is 12.2. The van der Waals surface area contributed by atoms with E-state index in [0.717, 1.165) is 5.56 Å². The molecule has 0 fully saturated rings. The smallest absolute Gasteiger partial charge is 0.471 e. The number of halogens is 4. The number of rotatable bonds is 6. The lowest BCUT2D eigenvalue weighted by atomic mass is 10.1. The molecule has 0 saturated carbocycles. The van der Waals surface area contributed by atoms with E-state index in [1.54, 1.807) is 37.4 Å². The first-order chi connectivity index (χ1) is 13.6. The van der Waals surface area contributed by atoms with E-state index in [0.29, 0.717) is 22.0 Å². The summed E-state index contributed by atoms with van der Waals surface area (Å²) < 4.78 is 42.1. The summed E-state index contributed by atoms with van der Waals surface area (Å²) in [5.74, 6) is -2.03. The summed E-state index contributed by atoms with van der Waals surface area (Å²) in [6.07, 6.45) is -4.97. The van der Waals surface area contributed by atoms with E-state index in [-0.39, 0.29) is 12.3 Å². The summed E-state index contributed by atoms with van der Waals surface area (Å²) in [6, 6.07) is 10.5. The third-order valence-electron chi connectivity index (χ3n) is 3.66. The maximum absolute atomic E-state index is 12.2. The van der Waals surface area contributed by atoms with E-state index in [1.807, 2.05) is 0 Å². The molecule has 0 aliphatic heterocycles. The number of carbonyl (C=O) groups is 2. The molecule has 0 aliphatic rings. The second kappa shape index (κ2) is 9.42. The molecule has 0 spiro atoms. The van der Waals surface area contributed by atoms with Crippen molar-refractivity contribution >= 4 is 34.8 Å². The molecular weight excluding hydrogens is 411 g/mol. The van der Waals surface area contributed by atoms with Crippen molar-refractivity contribution < 1.29 is 27.5 Å². The predicted molar refractivity (Wildman–Crippen MR) is 103 cm³/mol. The Morgan fingerprint density at radius 3 is 2.38 bits per heavy atom. The second-order valence-electron chi connectivity index (χ2n) is 5.96. The molecule has 2 aromatic carbocycles. The Labute approximate surface area is 169 Å². The molecule has 0 bridgehead atoms. The zero-order chi connectivity index (χ0) is 21.6. The van der Waals surface area contributed by atoms with Crippen molar-refractivity contribution in [2.45, 2.75) is 20.0 Å². The van der Waals surface area contributed by atoms with Crippen LogP contribution in [-0.2, 0) is 9.59 Å². The van der Waals surface area contributed by atoms with Gasteiger partial charge in [0.1, 0.15) is 5.75 Å². The van der Waals surface area contributed by atoms with Gasteiger partial charge in [-0.15, -0.1) is 0 Å². The molecule has 0 atom stereocenters. The Morgan fingerprint density at radius 2 is 1.79 bits per heavy atom. The first-order valence-corrected chi connectivity index (χ1v) is 8.65. The highest BCUT2D eigenvalue weighted by Crippen LogP contribution is 2.21. The summed E-state index contributed by atoms with van der Waals surface area (Å²) in [5, 5.41) is 6.22. The normalized spacial score (nSPS) is 11.7. The van der Waals surface area contributed by atoms with Gasteiger partial charge in [-0.1, -0.05) is 23.7 Å². The molecule has 29 heavy (non-hydrogen) atoms. The number of aryl methyl sites for hydroxylation is 1. The molecule has 154 valence electrons. The topological polar surface area (TPSA) is 79.8 Å². The number of amides is 2. The number of nitrogens with zero attached hydrogens (tertiary/aromatic N) is 1. The summed E-state index contributed by atoms with van der Waals surface area (Å²) >= 11 is 5.85. The summed E-state index contributed by atoms with van der Waals surface area (Å²) in [5.41, 5.74) is 4.05. The fourth-order valence-electron chi connectivity index (χ4n) is 2.16. The van der Waals surface area contributed by atoms with E-state index >= 15 is 0 Å². The molecule has 0 radical (unpaired) electrons. The quantitative estimate of drug-likeness (QED) is 0.538. The molecular formula is C19H17ClF3N3O3. The fraction of sp³-hybridized carbons (Fsp3) is 0.211. The van der Waals surface area contributed by atoms with Crippen LogP contribution < -0.4 is 15.5 Å². The first kappa shape index (κ1) is 22.2. The minimum absolute atomic E-state index is 0.0142. The summed E-state index contributed by atoms with van der Waals surface area (Å²) in [7, 11) is 0. The van der Waals surface area contributed by atoms with Crippen molar-refractivity contribution in [3.63, 3.8) is 0 Å². The van der Waals surface area contributed by atoms with Gasteiger partial charge in [0, 0.05) is 10.7 Å². The monoisotopic (exact) mass is 427 g/mol. The van der Waals surface area contributed by atoms with Crippen LogP contribution in [0.1, 0.15) is 18.1 Å². The number of nitrogens with one attached hydrogen (secondary N) is 2. The zero-order valence-corrected chi connectivity index (χ0v) is 16.2. The van der Waals surface area contributed by atoms with Crippen LogP contribution in [0.5, 0.6) is 5.75 Å². The highest BCUT2D eigenvalue weighted by molar-refractivity contribution is 6.30. The van der Waals surface area contributed by atoms with Gasteiger partial charge in [-0.25, -0.2) is 5.43 Å². The number of hydrogen-bond donors (Lipinski definition) is 2. The van der Waals surface area contributed by atoms with Gasteiger partial charge in [-0.3, -0.25) is 9.59 Å². The van der Waals surface area contributed by atoms with Crippen LogP contribution in [0, 0.1) is 6.92 Å². The summed E-state index contributed by atoms with van der Waals surface area (Å²) in [6.45, 7) is 3.14. The third kappa shape index (κ3) is 6.79. The number of benzene rings is 2. The Hall–Kier alpha value is -3.07. The number of carbonyl (C=O) groups excluding carboxylic acids is 2. The maximum Gasteiger partial charge on any atom is 0.471 e. The zero-order valence-electron chi connectivity index (χ0n) is 15.4. The second-order valence-corrected chi connectivity index (χ2v) is 6.40. The van der Waals surface area contributed by atoms with Crippen LogP contribution in [0.3, 0.4) is 0 Å². The van der Waals surface area contributed by atoms with Gasteiger partial charge in [0.15, 0.2) is 6.61 Å². The average molecular weight is 428 g/mol. The predicted octanol–water partition coefficient (Wildman–Crippen LogP) is 4.07. The molecule has 0 unspecified atom stereocenters. The van der Waals surface area contributed by atoms with Crippen molar-refractivity contribution in [2.75, 3.05) is 11.9 Å². The lowest BCUT2D eigenvalue weighted by Crippen LogP contribution is -2.29. The highest BCUT2D eigenvalue weighted by atomic mass is 35.5. The molecule has 0 aliphatic carbocycles. The largest absolute Gasteiger partial charge is 0.483 e. The van der Waals surface area contributed by atoms with Crippen molar-refractivity contribution in [2.24, 2.45) is 5.10 Å². The van der Waals surface area contributed by atoms with E-state index in [2.05, 4.69) is 10.5 Å². The van der Waals surface area contributed by atoms with E-state index in [4.69, 9.17) is 16.3 Å². The minimum atomic E-state index is -4.97. The van der Waals surface area contributed by atoms with Gasteiger partial charge >= 0.3 is 12.1 Å². The van der Waals surface area contributed by atoms with Crippen molar-refractivity contribution in [3.05, 3.63) is 58.6 Å². The van der Waals surface area contributed by atoms with E-state index in [1.165, 1.54) is 24.3 Å². The van der Waals surface area contributed by atoms with Crippen LogP contribution in [0.15, 0.2) is 47.6 Å². The van der Waals surface area contributed by atoms with Gasteiger partial charge in [0.05, 0.1) is 5.71 Å². The Morgan fingerprint density at radius 1 is 1.14 bits per heavy atom. The van der Waals surface area contributed by atoms with Crippen molar-refractivity contribution in [1.29, 1.82) is 0 Å². The van der Waals surface area contributed by atoms with Gasteiger partial charge in [-0.05, 0) is 55.3 Å². The van der Waals surface area contributed by atoms with Gasteiger partial charge in [0.25, 0.3) is 5.91 Å². The van der Waals surface area contributed by atoms with E-state index in [9.17, 15) is 22.8 Å². The molecule has 6 nitrogen and oxygen atoms in total. The standard InChI is InChI=1S/C19H17ClF3N3O3/c1-11-9-14(20)5-8-16(11)29-10-17(27)26-25-12(2)13-3-6-15(7-4-13)24-18(28)19(21,22)23/h3-9H,10H2,1-2H3,(H,24,28)(H,26,27). The van der Waals surface area contributed by atoms with Crippen molar-refractivity contribution in [3.8, 4) is 5.75 Å². The molecule has 10 heteroatoms. The molecule has 2 amide bonds. The molecule has 2 N–H and O–H groups in total. The third-order valence-corrected chi connectivity index (χ3v) is 3.90. The Bertz CT molecular complexity index is 929. The SMILES string of the molecule is CC(=NNC(=O)COc1ccc(Cl)cc1C)c1ccc(NC(=O)C(F)(F)F)cc1. The van der Waals surface area contributed by atoms with Gasteiger partial charge in [-0.2, -0.15) is 18.3 Å². The van der Waals surface area contributed by atoms with Crippen LogP contribution in [0.25, 0.3) is 0 Å². The Balaban J connectivity index is 1.90. The van der Waals surface area contributed by atoms with Crippen LogP contribution >= 0.6 is 11.6 Å². The average Bonchev–Trinajstić information content (AvgIpc) is 2.65. The minimum Gasteiger partial charge on any atom is -0.483 e. The molecule has 0 saturated heterocycles.